The van der Waals surface area contributed by atoms with E-state index in [-0.39, 0.29) is 17.1 Å². The normalized spacial score (nSPS) is 10.4. The molecule has 0 atom stereocenters. The van der Waals surface area contributed by atoms with Crippen LogP contribution in [-0.4, -0.2) is 76.4 Å². The minimum Gasteiger partial charge on any atom is -0.480 e. The van der Waals surface area contributed by atoms with Crippen LogP contribution in [-0.2, 0) is 19.2 Å². The van der Waals surface area contributed by atoms with Gasteiger partial charge in [0.15, 0.2) is 0 Å². The molecule has 0 heterocycles. The van der Waals surface area contributed by atoms with Crippen molar-refractivity contribution in [1.29, 1.82) is 0 Å². The van der Waals surface area contributed by atoms with Crippen LogP contribution in [0.4, 0.5) is 17.1 Å². The van der Waals surface area contributed by atoms with Crippen molar-refractivity contribution < 1.29 is 44.4 Å². The number of hydrogen-bond acceptors (Lipinski definition) is 7. The summed E-state index contributed by atoms with van der Waals surface area (Å²) in [5.74, 6) is -5.98. The molecule has 0 aromatic heterocycles. The zero-order valence-corrected chi connectivity index (χ0v) is 20.5. The summed E-state index contributed by atoms with van der Waals surface area (Å²) in [4.78, 5) is 60.5. The van der Waals surface area contributed by atoms with Crippen LogP contribution in [0.25, 0.3) is 11.1 Å². The molecule has 0 aliphatic heterocycles. The second kappa shape index (κ2) is 12.7. The number of carboxylic acid groups (broad SMARTS) is 4. The first-order valence-corrected chi connectivity index (χ1v) is 11.5. The lowest BCUT2D eigenvalue weighted by Gasteiger charge is -2.30. The maximum absolute atomic E-state index is 12.9. The van der Waals surface area contributed by atoms with E-state index in [0.29, 0.717) is 5.56 Å². The Hall–Kier alpha value is -5.39. The first-order chi connectivity index (χ1) is 18.5. The molecule has 39 heavy (non-hydrogen) atoms. The zero-order valence-electron chi connectivity index (χ0n) is 20.5. The number of nitrogens with zero attached hydrogens (tertiary/aromatic N) is 2. The summed E-state index contributed by atoms with van der Waals surface area (Å²) in [6.07, 6.45) is 0. The molecule has 5 N–H and O–H groups in total. The molecular formula is C27H25N3O9. The average Bonchev–Trinajstić information content (AvgIpc) is 2.87. The standard InChI is InChI=1S/C27H25N3O9/c31-23(32)13-29(14-24(33)34)21-11-10-20(12-22(21)30(15-25(35)36)16-26(37)38)28-27(39)19-8-6-18(7-9-19)17-4-2-1-3-5-17/h1-12H,13-16H2,(H,28,39)(H,31,32)(H,33,34)(H,35,36)(H,37,38). The molecular weight excluding hydrogens is 510 g/mol. The molecule has 12 heteroatoms. The third-order valence-corrected chi connectivity index (χ3v) is 5.47. The number of rotatable bonds is 13. The fraction of sp³-hybridized carbons (Fsp3) is 0.148. The van der Waals surface area contributed by atoms with Gasteiger partial charge in [0.1, 0.15) is 26.2 Å². The van der Waals surface area contributed by atoms with Crippen molar-refractivity contribution in [3.63, 3.8) is 0 Å². The van der Waals surface area contributed by atoms with Gasteiger partial charge < -0.3 is 35.5 Å². The molecule has 0 bridgehead atoms. The highest BCUT2D eigenvalue weighted by Gasteiger charge is 2.24. The summed E-state index contributed by atoms with van der Waals surface area (Å²) in [7, 11) is 0. The van der Waals surface area contributed by atoms with Gasteiger partial charge in [-0.15, -0.1) is 0 Å². The van der Waals surface area contributed by atoms with Gasteiger partial charge in [-0.3, -0.25) is 24.0 Å². The highest BCUT2D eigenvalue weighted by atomic mass is 16.4. The Morgan fingerprint density at radius 1 is 0.564 bits per heavy atom. The summed E-state index contributed by atoms with van der Waals surface area (Å²) in [5.41, 5.74) is 2.21. The van der Waals surface area contributed by atoms with Gasteiger partial charge in [0.2, 0.25) is 0 Å². The number of nitrogens with one attached hydrogen (secondary N) is 1. The molecule has 0 saturated heterocycles. The molecule has 3 rings (SSSR count). The van der Waals surface area contributed by atoms with E-state index in [0.717, 1.165) is 20.9 Å². The summed E-state index contributed by atoms with van der Waals surface area (Å²) in [6.45, 7) is -3.09. The van der Waals surface area contributed by atoms with Crippen molar-refractivity contribution in [1.82, 2.24) is 0 Å². The SMILES string of the molecule is O=C(O)CN(CC(=O)O)c1ccc(NC(=O)c2ccc(-c3ccccc3)cc2)cc1N(CC(=O)O)CC(=O)O. The Labute approximate surface area is 222 Å². The van der Waals surface area contributed by atoms with E-state index < -0.39 is 56.0 Å². The second-order valence-corrected chi connectivity index (χ2v) is 8.39. The molecule has 0 spiro atoms. The number of anilines is 3. The molecule has 202 valence electrons. The number of hydrogen-bond donors (Lipinski definition) is 5. The fourth-order valence-electron chi connectivity index (χ4n) is 3.88. The van der Waals surface area contributed by atoms with Gasteiger partial charge in [-0.2, -0.15) is 0 Å². The molecule has 0 fully saturated rings. The van der Waals surface area contributed by atoms with Crippen molar-refractivity contribution >= 4 is 46.8 Å². The molecule has 12 nitrogen and oxygen atoms in total. The Bertz CT molecular complexity index is 1340. The fourth-order valence-corrected chi connectivity index (χ4v) is 3.88. The average molecular weight is 536 g/mol. The first-order valence-electron chi connectivity index (χ1n) is 11.5. The van der Waals surface area contributed by atoms with E-state index in [1.54, 1.807) is 24.3 Å². The Kier molecular flexibility index (Phi) is 9.19. The summed E-state index contributed by atoms with van der Waals surface area (Å²) < 4.78 is 0. The molecule has 0 saturated carbocycles. The predicted molar refractivity (Wildman–Crippen MR) is 141 cm³/mol. The number of carbonyl (C=O) groups is 5. The van der Waals surface area contributed by atoms with Crippen molar-refractivity contribution in [3.05, 3.63) is 78.4 Å². The summed E-state index contributed by atoms with van der Waals surface area (Å²) in [5, 5.41) is 39.9. The third kappa shape index (κ3) is 8.05. The smallest absolute Gasteiger partial charge is 0.323 e. The van der Waals surface area contributed by atoms with Crippen LogP contribution in [0.2, 0.25) is 0 Å². The van der Waals surface area contributed by atoms with Gasteiger partial charge in [-0.05, 0) is 41.5 Å². The third-order valence-electron chi connectivity index (χ3n) is 5.47. The maximum atomic E-state index is 12.9. The monoisotopic (exact) mass is 535 g/mol. The van der Waals surface area contributed by atoms with E-state index >= 15 is 0 Å². The molecule has 0 unspecified atom stereocenters. The predicted octanol–water partition coefficient (Wildman–Crippen LogP) is 2.56. The molecule has 3 aromatic carbocycles. The molecule has 1 amide bonds. The van der Waals surface area contributed by atoms with Gasteiger partial charge in [-0.1, -0.05) is 42.5 Å². The van der Waals surface area contributed by atoms with Gasteiger partial charge in [0, 0.05) is 11.3 Å². The molecule has 0 aliphatic carbocycles. The first kappa shape index (κ1) is 28.2. The van der Waals surface area contributed by atoms with E-state index in [4.69, 9.17) is 0 Å². The maximum Gasteiger partial charge on any atom is 0.323 e. The second-order valence-electron chi connectivity index (χ2n) is 8.39. The number of amides is 1. The van der Waals surface area contributed by atoms with Crippen LogP contribution < -0.4 is 15.1 Å². The van der Waals surface area contributed by atoms with Crippen molar-refractivity contribution in [2.45, 2.75) is 0 Å². The zero-order chi connectivity index (χ0) is 28.5. The van der Waals surface area contributed by atoms with Crippen LogP contribution in [0.1, 0.15) is 10.4 Å². The number of carbonyl (C=O) groups excluding carboxylic acids is 1. The van der Waals surface area contributed by atoms with Crippen LogP contribution in [0.5, 0.6) is 0 Å². The number of benzene rings is 3. The Morgan fingerprint density at radius 2 is 1.03 bits per heavy atom. The number of carboxylic acids is 4. The van der Waals surface area contributed by atoms with E-state index in [1.165, 1.54) is 18.2 Å². The van der Waals surface area contributed by atoms with Crippen LogP contribution in [0, 0.1) is 0 Å². The number of aliphatic carboxylic acids is 4. The molecule has 3 aromatic rings. The largest absolute Gasteiger partial charge is 0.480 e. The van der Waals surface area contributed by atoms with Crippen LogP contribution >= 0.6 is 0 Å². The lowest BCUT2D eigenvalue weighted by Crippen LogP contribution is -2.39. The lowest BCUT2D eigenvalue weighted by atomic mass is 10.0. The van der Waals surface area contributed by atoms with E-state index in [2.05, 4.69) is 5.32 Å². The minimum absolute atomic E-state index is 0.0347. The minimum atomic E-state index is -1.38. The van der Waals surface area contributed by atoms with Crippen molar-refractivity contribution in [2.75, 3.05) is 41.3 Å². The van der Waals surface area contributed by atoms with Crippen LogP contribution in [0.15, 0.2) is 72.8 Å². The highest BCUT2D eigenvalue weighted by molar-refractivity contribution is 6.05. The van der Waals surface area contributed by atoms with Crippen molar-refractivity contribution in [3.8, 4) is 11.1 Å². The lowest BCUT2D eigenvalue weighted by molar-refractivity contribution is -0.138. The van der Waals surface area contributed by atoms with E-state index in [9.17, 15) is 44.4 Å². The quantitative estimate of drug-likeness (QED) is 0.217. The van der Waals surface area contributed by atoms with Gasteiger partial charge >= 0.3 is 23.9 Å². The van der Waals surface area contributed by atoms with Crippen LogP contribution in [0.3, 0.4) is 0 Å². The summed E-state index contributed by atoms with van der Waals surface area (Å²) in [6, 6.07) is 20.3. The summed E-state index contributed by atoms with van der Waals surface area (Å²) >= 11 is 0. The molecule has 0 radical (unpaired) electrons. The molecule has 0 aliphatic rings. The van der Waals surface area contributed by atoms with Gasteiger partial charge in [0.25, 0.3) is 5.91 Å². The van der Waals surface area contributed by atoms with Gasteiger partial charge in [0.05, 0.1) is 11.4 Å². The Balaban J connectivity index is 1.97. The van der Waals surface area contributed by atoms with Crippen molar-refractivity contribution in [2.24, 2.45) is 0 Å². The topological polar surface area (TPSA) is 185 Å². The van der Waals surface area contributed by atoms with Gasteiger partial charge in [-0.25, -0.2) is 0 Å². The Morgan fingerprint density at radius 3 is 1.51 bits per heavy atom. The van der Waals surface area contributed by atoms with E-state index in [1.807, 2.05) is 30.3 Å². The highest BCUT2D eigenvalue weighted by Crippen LogP contribution is 2.33.